The minimum absolute atomic E-state index is 0.108. The van der Waals surface area contributed by atoms with Crippen LogP contribution < -0.4 is 4.57 Å². The first kappa shape index (κ1) is 18.5. The van der Waals surface area contributed by atoms with Gasteiger partial charge in [0.05, 0.1) is 6.54 Å². The lowest BCUT2D eigenvalue weighted by atomic mass is 10.1. The van der Waals surface area contributed by atoms with Crippen molar-refractivity contribution < 1.29 is 9.36 Å². The molecule has 0 N–H and O–H groups in total. The smallest absolute Gasteiger partial charge is 0.257 e. The fourth-order valence-corrected chi connectivity index (χ4v) is 4.10. The van der Waals surface area contributed by atoms with Crippen molar-refractivity contribution in [2.75, 3.05) is 0 Å². The van der Waals surface area contributed by atoms with Crippen LogP contribution in [-0.4, -0.2) is 10.4 Å². The standard InChI is InChI=1S/C22H21BrClN2O/c23-18-9-5-16(6-10-18)20-14-25(22-4-2-1-3-13-26(20)22)15-21(27)17-7-11-19(24)12-8-17/h5-12,14H,1-4,13,15H2/q+1. The van der Waals surface area contributed by atoms with Crippen LogP contribution in [-0.2, 0) is 19.5 Å². The monoisotopic (exact) mass is 443 g/mol. The van der Waals surface area contributed by atoms with Gasteiger partial charge in [-0.2, -0.15) is 0 Å². The normalized spacial score (nSPS) is 13.9. The average molecular weight is 445 g/mol. The maximum Gasteiger partial charge on any atom is 0.257 e. The van der Waals surface area contributed by atoms with Crippen LogP contribution in [0.15, 0.2) is 59.2 Å². The Hall–Kier alpha value is -1.91. The molecule has 138 valence electrons. The zero-order valence-electron chi connectivity index (χ0n) is 15.0. The van der Waals surface area contributed by atoms with Crippen LogP contribution in [0.2, 0.25) is 5.02 Å². The number of rotatable bonds is 4. The number of aromatic nitrogens is 2. The molecule has 1 aliphatic heterocycles. The molecule has 0 saturated heterocycles. The number of ketones is 1. The van der Waals surface area contributed by atoms with Gasteiger partial charge in [0, 0.05) is 27.0 Å². The van der Waals surface area contributed by atoms with Crippen LogP contribution in [0.5, 0.6) is 0 Å². The van der Waals surface area contributed by atoms with Crippen molar-refractivity contribution in [2.24, 2.45) is 0 Å². The van der Waals surface area contributed by atoms with Crippen molar-refractivity contribution in [3.8, 4) is 11.3 Å². The van der Waals surface area contributed by atoms with E-state index in [-0.39, 0.29) is 5.78 Å². The quantitative estimate of drug-likeness (QED) is 0.387. The number of nitrogens with zero attached hydrogens (tertiary/aromatic N) is 2. The van der Waals surface area contributed by atoms with Gasteiger partial charge in [-0.3, -0.25) is 4.79 Å². The van der Waals surface area contributed by atoms with Gasteiger partial charge in [-0.15, -0.1) is 0 Å². The number of imidazole rings is 1. The Kier molecular flexibility index (Phi) is 5.46. The molecular formula is C22H21BrClN2O+. The SMILES string of the molecule is O=C(C[n+]1cc(-c2ccc(Br)cc2)n2c1CCCCC2)c1ccc(Cl)cc1. The number of halogens is 2. The topological polar surface area (TPSA) is 25.9 Å². The van der Waals surface area contributed by atoms with E-state index in [4.69, 9.17) is 11.6 Å². The second-order valence-electron chi connectivity index (χ2n) is 6.96. The minimum Gasteiger partial charge on any atom is -0.290 e. The summed E-state index contributed by atoms with van der Waals surface area (Å²) >= 11 is 9.46. The first-order valence-corrected chi connectivity index (χ1v) is 10.5. The molecule has 27 heavy (non-hydrogen) atoms. The zero-order chi connectivity index (χ0) is 18.8. The van der Waals surface area contributed by atoms with Gasteiger partial charge in [0.15, 0.2) is 12.2 Å². The largest absolute Gasteiger partial charge is 0.290 e. The van der Waals surface area contributed by atoms with Crippen molar-refractivity contribution in [1.29, 1.82) is 0 Å². The molecule has 0 unspecified atom stereocenters. The highest BCUT2D eigenvalue weighted by atomic mass is 79.9. The van der Waals surface area contributed by atoms with Crippen LogP contribution in [0.3, 0.4) is 0 Å². The van der Waals surface area contributed by atoms with E-state index >= 15 is 0 Å². The molecule has 0 aliphatic carbocycles. The number of hydrogen-bond acceptors (Lipinski definition) is 1. The average Bonchev–Trinajstić information content (AvgIpc) is 2.84. The van der Waals surface area contributed by atoms with Crippen molar-refractivity contribution >= 4 is 33.3 Å². The van der Waals surface area contributed by atoms with E-state index in [0.717, 1.165) is 17.4 Å². The highest BCUT2D eigenvalue weighted by Crippen LogP contribution is 2.25. The first-order chi connectivity index (χ1) is 13.1. The Morgan fingerprint density at radius 3 is 2.52 bits per heavy atom. The van der Waals surface area contributed by atoms with E-state index in [0.29, 0.717) is 17.1 Å². The Labute approximate surface area is 172 Å². The first-order valence-electron chi connectivity index (χ1n) is 9.28. The predicted molar refractivity (Wildman–Crippen MR) is 111 cm³/mol. The molecule has 0 bridgehead atoms. The van der Waals surface area contributed by atoms with Crippen molar-refractivity contribution in [1.82, 2.24) is 4.57 Å². The molecule has 0 fully saturated rings. The summed E-state index contributed by atoms with van der Waals surface area (Å²) in [6.07, 6.45) is 6.71. The molecule has 0 amide bonds. The second kappa shape index (κ2) is 7.99. The molecule has 2 aromatic carbocycles. The van der Waals surface area contributed by atoms with E-state index in [1.807, 2.05) is 0 Å². The molecule has 2 heterocycles. The lowest BCUT2D eigenvalue weighted by molar-refractivity contribution is -0.690. The Bertz CT molecular complexity index is 961. The number of benzene rings is 2. The summed E-state index contributed by atoms with van der Waals surface area (Å²) < 4.78 is 5.60. The number of Topliss-reactive ketones (excluding diaryl/α,β-unsaturated/α-hetero) is 1. The van der Waals surface area contributed by atoms with E-state index < -0.39 is 0 Å². The van der Waals surface area contributed by atoms with Gasteiger partial charge in [-0.25, -0.2) is 9.13 Å². The second-order valence-corrected chi connectivity index (χ2v) is 8.31. The number of carbonyl (C=O) groups is 1. The molecule has 3 nitrogen and oxygen atoms in total. The third kappa shape index (κ3) is 4.02. The Morgan fingerprint density at radius 1 is 1.04 bits per heavy atom. The van der Waals surface area contributed by atoms with Crippen LogP contribution in [0, 0.1) is 0 Å². The van der Waals surface area contributed by atoms with Crippen molar-refractivity contribution in [2.45, 2.75) is 38.8 Å². The highest BCUT2D eigenvalue weighted by molar-refractivity contribution is 9.10. The molecule has 1 aromatic heterocycles. The highest BCUT2D eigenvalue weighted by Gasteiger charge is 2.27. The summed E-state index contributed by atoms with van der Waals surface area (Å²) in [5.41, 5.74) is 3.06. The van der Waals surface area contributed by atoms with Crippen molar-refractivity contribution in [3.05, 3.63) is 75.6 Å². The lowest BCUT2D eigenvalue weighted by Gasteiger charge is -2.03. The number of carbonyl (C=O) groups excluding carboxylic acids is 1. The summed E-state index contributed by atoms with van der Waals surface area (Å²) in [4.78, 5) is 12.8. The van der Waals surface area contributed by atoms with Crippen LogP contribution >= 0.6 is 27.5 Å². The molecule has 0 radical (unpaired) electrons. The Balaban J connectivity index is 1.71. The third-order valence-corrected chi connectivity index (χ3v) is 5.89. The molecule has 1 aliphatic rings. The number of hydrogen-bond donors (Lipinski definition) is 0. The van der Waals surface area contributed by atoms with E-state index in [2.05, 4.69) is 55.5 Å². The van der Waals surface area contributed by atoms with E-state index in [1.165, 1.54) is 36.3 Å². The van der Waals surface area contributed by atoms with Crippen LogP contribution in [0.1, 0.15) is 35.4 Å². The van der Waals surface area contributed by atoms with Gasteiger partial charge < -0.3 is 0 Å². The van der Waals surface area contributed by atoms with Gasteiger partial charge in [0.1, 0.15) is 6.20 Å². The van der Waals surface area contributed by atoms with Gasteiger partial charge >= 0.3 is 0 Å². The summed E-state index contributed by atoms with van der Waals surface area (Å²) in [5.74, 6) is 1.35. The fraction of sp³-hybridized carbons (Fsp3) is 0.273. The molecule has 3 aromatic rings. The van der Waals surface area contributed by atoms with Crippen LogP contribution in [0.25, 0.3) is 11.3 Å². The summed E-state index contributed by atoms with van der Waals surface area (Å²) in [7, 11) is 0. The van der Waals surface area contributed by atoms with Gasteiger partial charge in [-0.05, 0) is 67.8 Å². The predicted octanol–water partition coefficient (Wildman–Crippen LogP) is 5.47. The zero-order valence-corrected chi connectivity index (χ0v) is 17.3. The van der Waals surface area contributed by atoms with Crippen molar-refractivity contribution in [3.63, 3.8) is 0 Å². The minimum atomic E-state index is 0.108. The Morgan fingerprint density at radius 2 is 1.78 bits per heavy atom. The molecular weight excluding hydrogens is 424 g/mol. The number of fused-ring (bicyclic) bond motifs is 1. The van der Waals surface area contributed by atoms with Gasteiger partial charge in [-0.1, -0.05) is 27.5 Å². The van der Waals surface area contributed by atoms with Crippen LogP contribution in [0.4, 0.5) is 0 Å². The maximum absolute atomic E-state index is 12.8. The molecule has 0 spiro atoms. The molecule has 4 rings (SSSR count). The lowest BCUT2D eigenvalue weighted by Crippen LogP contribution is -2.40. The summed E-state index contributed by atoms with van der Waals surface area (Å²) in [5, 5.41) is 0.648. The maximum atomic E-state index is 12.8. The van der Waals surface area contributed by atoms with Gasteiger partial charge in [0.2, 0.25) is 5.78 Å². The van der Waals surface area contributed by atoms with E-state index in [9.17, 15) is 4.79 Å². The molecule has 0 saturated carbocycles. The molecule has 0 atom stereocenters. The van der Waals surface area contributed by atoms with E-state index in [1.54, 1.807) is 24.3 Å². The third-order valence-electron chi connectivity index (χ3n) is 5.11. The summed E-state index contributed by atoms with van der Waals surface area (Å²) in [6.45, 7) is 1.36. The summed E-state index contributed by atoms with van der Waals surface area (Å²) in [6, 6.07) is 15.5. The van der Waals surface area contributed by atoms with Gasteiger partial charge in [0.25, 0.3) is 5.82 Å². The fourth-order valence-electron chi connectivity index (χ4n) is 3.71. The molecule has 5 heteroatoms.